The van der Waals surface area contributed by atoms with E-state index in [4.69, 9.17) is 0 Å². The normalized spacial score (nSPS) is 21.0. The average Bonchev–Trinajstić information content (AvgIpc) is 2.81. The molecule has 0 spiro atoms. The number of aliphatic hydroxyl groups is 1. The number of nitrogens with one attached hydrogen (secondary N) is 1. The summed E-state index contributed by atoms with van der Waals surface area (Å²) < 4.78 is 13.2. The molecule has 8 heteroatoms. The number of carbonyl (C=O) groups is 2. The van der Waals surface area contributed by atoms with Crippen molar-refractivity contribution in [2.75, 3.05) is 23.4 Å². The van der Waals surface area contributed by atoms with Crippen molar-refractivity contribution in [1.29, 1.82) is 0 Å². The highest BCUT2D eigenvalue weighted by molar-refractivity contribution is 6.03. The SMILES string of the molecule is O=C(Nc1ccc(F)cc1)N1C[C@H]2[C@@H](c3ccccc31)[C@H](CO)N2C(=O)Cc1ccncc1. The van der Waals surface area contributed by atoms with Gasteiger partial charge in [-0.05, 0) is 53.6 Å². The van der Waals surface area contributed by atoms with E-state index in [0.717, 1.165) is 16.8 Å². The topological polar surface area (TPSA) is 85.8 Å². The van der Waals surface area contributed by atoms with Crippen molar-refractivity contribution in [3.63, 3.8) is 0 Å². The van der Waals surface area contributed by atoms with Gasteiger partial charge in [-0.1, -0.05) is 18.2 Å². The fourth-order valence-electron chi connectivity index (χ4n) is 4.92. The molecule has 3 aromatic rings. The summed E-state index contributed by atoms with van der Waals surface area (Å²) in [5.74, 6) is -0.533. The number of aliphatic hydroxyl groups excluding tert-OH is 1. The molecule has 1 saturated heterocycles. The summed E-state index contributed by atoms with van der Waals surface area (Å²) >= 11 is 0. The number of para-hydroxylation sites is 1. The Balaban J connectivity index is 1.42. The molecule has 0 bridgehead atoms. The lowest BCUT2D eigenvalue weighted by atomic mass is 9.71. The first-order valence-corrected chi connectivity index (χ1v) is 10.8. The second-order valence-corrected chi connectivity index (χ2v) is 8.28. The number of halogens is 1. The van der Waals surface area contributed by atoms with Crippen molar-refractivity contribution in [3.8, 4) is 0 Å². The van der Waals surface area contributed by atoms with Crippen molar-refractivity contribution < 1.29 is 19.1 Å². The Morgan fingerprint density at radius 1 is 1.06 bits per heavy atom. The smallest absolute Gasteiger partial charge is 0.326 e. The predicted molar refractivity (Wildman–Crippen MR) is 121 cm³/mol. The monoisotopic (exact) mass is 446 g/mol. The van der Waals surface area contributed by atoms with Gasteiger partial charge in [0.1, 0.15) is 5.82 Å². The number of urea groups is 1. The minimum absolute atomic E-state index is 0.0533. The molecule has 7 nitrogen and oxygen atoms in total. The van der Waals surface area contributed by atoms with E-state index in [9.17, 15) is 19.1 Å². The first-order valence-electron chi connectivity index (χ1n) is 10.8. The summed E-state index contributed by atoms with van der Waals surface area (Å²) in [5.41, 5.74) is 3.00. The zero-order valence-corrected chi connectivity index (χ0v) is 17.8. The van der Waals surface area contributed by atoms with Gasteiger partial charge < -0.3 is 15.3 Å². The lowest BCUT2D eigenvalue weighted by Gasteiger charge is -2.58. The number of amides is 3. The van der Waals surface area contributed by atoms with Gasteiger partial charge in [-0.25, -0.2) is 9.18 Å². The zero-order chi connectivity index (χ0) is 22.9. The van der Waals surface area contributed by atoms with Crippen molar-refractivity contribution in [2.24, 2.45) is 0 Å². The van der Waals surface area contributed by atoms with Crippen LogP contribution in [0.25, 0.3) is 0 Å². The van der Waals surface area contributed by atoms with Crippen molar-refractivity contribution in [1.82, 2.24) is 9.88 Å². The quantitative estimate of drug-likeness (QED) is 0.645. The molecule has 0 radical (unpaired) electrons. The van der Waals surface area contributed by atoms with Gasteiger partial charge >= 0.3 is 6.03 Å². The first-order chi connectivity index (χ1) is 16.1. The van der Waals surface area contributed by atoms with Crippen molar-refractivity contribution >= 4 is 23.3 Å². The van der Waals surface area contributed by atoms with Crippen LogP contribution in [-0.2, 0) is 11.2 Å². The van der Waals surface area contributed by atoms with Crippen LogP contribution in [0.5, 0.6) is 0 Å². The molecule has 2 aromatic carbocycles. The Morgan fingerprint density at radius 2 is 1.79 bits per heavy atom. The maximum Gasteiger partial charge on any atom is 0.326 e. The van der Waals surface area contributed by atoms with Crippen LogP contribution in [0.3, 0.4) is 0 Å². The zero-order valence-electron chi connectivity index (χ0n) is 17.8. The van der Waals surface area contributed by atoms with E-state index in [1.807, 2.05) is 24.3 Å². The van der Waals surface area contributed by atoms with E-state index in [1.165, 1.54) is 24.3 Å². The second kappa shape index (κ2) is 8.63. The van der Waals surface area contributed by atoms with Crippen LogP contribution in [-0.4, -0.2) is 52.2 Å². The summed E-state index contributed by atoms with van der Waals surface area (Å²) in [6.07, 6.45) is 3.48. The lowest BCUT2D eigenvalue weighted by Crippen LogP contribution is -2.71. The number of anilines is 2. The molecule has 3 amide bonds. The van der Waals surface area contributed by atoms with Crippen LogP contribution in [0.15, 0.2) is 73.1 Å². The van der Waals surface area contributed by atoms with E-state index in [-0.39, 0.29) is 48.8 Å². The molecule has 3 atom stereocenters. The lowest BCUT2D eigenvalue weighted by molar-refractivity contribution is -0.149. The third kappa shape index (κ3) is 3.82. The minimum atomic E-state index is -0.382. The third-order valence-corrected chi connectivity index (χ3v) is 6.42. The molecule has 0 aliphatic carbocycles. The number of pyridine rings is 1. The summed E-state index contributed by atoms with van der Waals surface area (Å²) in [6, 6.07) is 15.8. The van der Waals surface area contributed by atoms with Gasteiger partial charge in [0.15, 0.2) is 0 Å². The Kier molecular flexibility index (Phi) is 5.51. The molecule has 0 unspecified atom stereocenters. The van der Waals surface area contributed by atoms with E-state index in [2.05, 4.69) is 10.3 Å². The fourth-order valence-corrected chi connectivity index (χ4v) is 4.92. The Bertz CT molecular complexity index is 1170. The molecule has 1 fully saturated rings. The van der Waals surface area contributed by atoms with Crippen LogP contribution in [0.4, 0.5) is 20.6 Å². The predicted octanol–water partition coefficient (Wildman–Crippen LogP) is 3.17. The molecule has 2 aliphatic rings. The number of benzene rings is 2. The first kappa shape index (κ1) is 21.1. The van der Waals surface area contributed by atoms with E-state index in [0.29, 0.717) is 12.2 Å². The molecular formula is C25H23FN4O3. The van der Waals surface area contributed by atoms with E-state index < -0.39 is 0 Å². The number of nitrogens with zero attached hydrogens (tertiary/aromatic N) is 3. The largest absolute Gasteiger partial charge is 0.394 e. The van der Waals surface area contributed by atoms with Crippen LogP contribution >= 0.6 is 0 Å². The number of fused-ring (bicyclic) bond motifs is 3. The minimum Gasteiger partial charge on any atom is -0.394 e. The average molecular weight is 446 g/mol. The Morgan fingerprint density at radius 3 is 2.52 bits per heavy atom. The van der Waals surface area contributed by atoms with Crippen LogP contribution in [0, 0.1) is 5.82 Å². The van der Waals surface area contributed by atoms with Gasteiger partial charge in [-0.15, -0.1) is 0 Å². The molecule has 2 N–H and O–H groups in total. The van der Waals surface area contributed by atoms with Gasteiger partial charge in [-0.3, -0.25) is 14.7 Å². The summed E-state index contributed by atoms with van der Waals surface area (Å²) in [7, 11) is 0. The molecule has 3 heterocycles. The number of hydrogen-bond donors (Lipinski definition) is 2. The van der Waals surface area contributed by atoms with Gasteiger partial charge in [0.05, 0.1) is 25.1 Å². The van der Waals surface area contributed by atoms with Crippen molar-refractivity contribution in [2.45, 2.75) is 24.4 Å². The third-order valence-electron chi connectivity index (χ3n) is 6.42. The van der Waals surface area contributed by atoms with E-state index >= 15 is 0 Å². The fraction of sp³-hybridized carbons (Fsp3) is 0.240. The molecule has 2 aliphatic heterocycles. The number of aromatic nitrogens is 1. The number of carbonyl (C=O) groups excluding carboxylic acids is 2. The maximum absolute atomic E-state index is 13.2. The van der Waals surface area contributed by atoms with Gasteiger partial charge in [0.2, 0.25) is 5.91 Å². The van der Waals surface area contributed by atoms with E-state index in [1.54, 1.807) is 34.3 Å². The number of hydrogen-bond acceptors (Lipinski definition) is 4. The molecule has 0 saturated carbocycles. The summed E-state index contributed by atoms with van der Waals surface area (Å²) in [5, 5.41) is 12.9. The van der Waals surface area contributed by atoms with Gasteiger partial charge in [-0.2, -0.15) is 0 Å². The van der Waals surface area contributed by atoms with Crippen molar-refractivity contribution in [3.05, 3.63) is 90.0 Å². The molecule has 168 valence electrons. The van der Waals surface area contributed by atoms with Crippen LogP contribution in [0.2, 0.25) is 0 Å². The second-order valence-electron chi connectivity index (χ2n) is 8.28. The highest BCUT2D eigenvalue weighted by atomic mass is 19.1. The molecule has 33 heavy (non-hydrogen) atoms. The molecular weight excluding hydrogens is 423 g/mol. The van der Waals surface area contributed by atoms with Gasteiger partial charge in [0, 0.05) is 36.2 Å². The summed E-state index contributed by atoms with van der Waals surface area (Å²) in [4.78, 5) is 33.6. The molecule has 1 aromatic heterocycles. The standard InChI is InChI=1S/C25H23FN4O3/c26-17-5-7-18(8-6-17)28-25(33)29-14-21-24(19-3-1-2-4-20(19)29)22(15-31)30(21)23(32)13-16-9-11-27-12-10-16/h1-12,21-22,24,31H,13-15H2,(H,28,33)/t21-,22-,24+/m0/s1. The highest BCUT2D eigenvalue weighted by Gasteiger charge is 2.55. The van der Waals surface area contributed by atoms with Crippen LogP contribution < -0.4 is 10.2 Å². The highest BCUT2D eigenvalue weighted by Crippen LogP contribution is 2.48. The number of likely N-dealkylation sites (tertiary alicyclic amines) is 1. The maximum atomic E-state index is 13.2. The van der Waals surface area contributed by atoms with Crippen LogP contribution in [0.1, 0.15) is 17.0 Å². The summed E-state index contributed by atoms with van der Waals surface area (Å²) in [6.45, 7) is 0.145. The van der Waals surface area contributed by atoms with Gasteiger partial charge in [0.25, 0.3) is 0 Å². The Labute approximate surface area is 190 Å². The Hall–Kier alpha value is -3.78. The molecule has 5 rings (SSSR count). The number of rotatable bonds is 4.